The Morgan fingerprint density at radius 3 is 2.72 bits per heavy atom. The van der Waals surface area contributed by atoms with Gasteiger partial charge in [0.05, 0.1) is 25.5 Å². The minimum Gasteiger partial charge on any atom is -0.507 e. The summed E-state index contributed by atoms with van der Waals surface area (Å²) in [5, 5.41) is 17.9. The number of phenolic OH excluding ortho intramolecular Hbond substituents is 1. The second-order valence-corrected chi connectivity index (χ2v) is 7.80. The molecular formula is C25H23N3O4. The van der Waals surface area contributed by atoms with Crippen LogP contribution in [0.3, 0.4) is 0 Å². The van der Waals surface area contributed by atoms with Crippen LogP contribution >= 0.6 is 0 Å². The number of carbonyl (C=O) groups is 1. The Morgan fingerprint density at radius 2 is 2.00 bits per heavy atom. The molecule has 0 unspecified atom stereocenters. The second kappa shape index (κ2) is 7.92. The molecule has 7 heteroatoms. The third-order valence-electron chi connectivity index (χ3n) is 5.68. The fraction of sp³-hybridized carbons (Fsp3) is 0.200. The lowest BCUT2D eigenvalue weighted by atomic mass is 9.95. The van der Waals surface area contributed by atoms with Crippen LogP contribution in [-0.2, 0) is 6.54 Å². The van der Waals surface area contributed by atoms with Crippen molar-refractivity contribution in [3.8, 4) is 22.8 Å². The lowest BCUT2D eigenvalue weighted by Gasteiger charge is -2.26. The van der Waals surface area contributed by atoms with Crippen molar-refractivity contribution in [3.63, 3.8) is 0 Å². The summed E-state index contributed by atoms with van der Waals surface area (Å²) in [7, 11) is 0. The summed E-state index contributed by atoms with van der Waals surface area (Å²) in [5.74, 6) is 1.41. The molecule has 1 aliphatic heterocycles. The van der Waals surface area contributed by atoms with Crippen molar-refractivity contribution in [2.24, 2.45) is 0 Å². The van der Waals surface area contributed by atoms with Crippen LogP contribution in [0.2, 0.25) is 0 Å². The quantitative estimate of drug-likeness (QED) is 0.458. The molecule has 162 valence electrons. The molecule has 1 atom stereocenters. The molecule has 1 aliphatic rings. The number of aromatic nitrogens is 2. The number of aryl methyl sites for hydroxylation is 1. The molecule has 0 aliphatic carbocycles. The van der Waals surface area contributed by atoms with Gasteiger partial charge in [0.15, 0.2) is 0 Å². The van der Waals surface area contributed by atoms with Crippen molar-refractivity contribution in [3.05, 3.63) is 89.0 Å². The number of furan rings is 1. The van der Waals surface area contributed by atoms with E-state index >= 15 is 0 Å². The van der Waals surface area contributed by atoms with Crippen molar-refractivity contribution in [2.75, 3.05) is 6.61 Å². The number of fused-ring (bicyclic) bond motifs is 1. The first-order valence-corrected chi connectivity index (χ1v) is 10.5. The number of ether oxygens (including phenoxy) is 1. The molecule has 0 spiro atoms. The van der Waals surface area contributed by atoms with Crippen LogP contribution in [0.25, 0.3) is 11.3 Å². The van der Waals surface area contributed by atoms with Crippen molar-refractivity contribution >= 4 is 5.91 Å². The minimum absolute atomic E-state index is 0.118. The number of hydrogen-bond donors (Lipinski definition) is 2. The normalized spacial score (nSPS) is 15.2. The van der Waals surface area contributed by atoms with Gasteiger partial charge < -0.3 is 19.2 Å². The van der Waals surface area contributed by atoms with Crippen LogP contribution in [0, 0.1) is 6.92 Å². The Morgan fingerprint density at radius 1 is 1.19 bits per heavy atom. The number of nitrogens with one attached hydrogen (secondary N) is 1. The lowest BCUT2D eigenvalue weighted by molar-refractivity contribution is 0.0717. The summed E-state index contributed by atoms with van der Waals surface area (Å²) in [6, 6.07) is 16.3. The number of hydrogen-bond acceptors (Lipinski definition) is 5. The molecule has 1 amide bonds. The van der Waals surface area contributed by atoms with Crippen molar-refractivity contribution in [1.82, 2.24) is 15.1 Å². The molecule has 32 heavy (non-hydrogen) atoms. The van der Waals surface area contributed by atoms with E-state index in [1.807, 2.05) is 56.3 Å². The zero-order valence-electron chi connectivity index (χ0n) is 17.8. The maximum atomic E-state index is 13.4. The van der Waals surface area contributed by atoms with Gasteiger partial charge in [0.1, 0.15) is 28.6 Å². The molecule has 0 fully saturated rings. The number of carbonyl (C=O) groups excluding carboxylic acids is 1. The molecule has 3 heterocycles. The van der Waals surface area contributed by atoms with Crippen LogP contribution < -0.4 is 4.74 Å². The maximum Gasteiger partial charge on any atom is 0.273 e. The fourth-order valence-electron chi connectivity index (χ4n) is 4.23. The molecule has 5 rings (SSSR count). The molecule has 4 aromatic rings. The van der Waals surface area contributed by atoms with E-state index in [2.05, 4.69) is 10.2 Å². The Kier molecular flexibility index (Phi) is 4.93. The predicted octanol–water partition coefficient (Wildman–Crippen LogP) is 4.83. The van der Waals surface area contributed by atoms with E-state index in [0.717, 1.165) is 22.4 Å². The first kappa shape index (κ1) is 19.9. The maximum absolute atomic E-state index is 13.4. The molecule has 2 aromatic heterocycles. The average Bonchev–Trinajstić information content (AvgIpc) is 3.51. The highest BCUT2D eigenvalue weighted by Gasteiger charge is 2.42. The zero-order chi connectivity index (χ0) is 22.2. The largest absolute Gasteiger partial charge is 0.507 e. The van der Waals surface area contributed by atoms with Crippen molar-refractivity contribution in [1.29, 1.82) is 0 Å². The minimum atomic E-state index is -0.396. The average molecular weight is 429 g/mol. The van der Waals surface area contributed by atoms with E-state index in [-0.39, 0.29) is 11.7 Å². The Balaban J connectivity index is 1.65. The van der Waals surface area contributed by atoms with E-state index in [9.17, 15) is 9.90 Å². The lowest BCUT2D eigenvalue weighted by Crippen LogP contribution is -2.28. The molecule has 0 saturated carbocycles. The standard InChI is InChI=1S/C25H23N3O4/c1-3-31-17-9-7-16(8-10-17)24-21-22(19-13-15(2)6-11-20(19)29)26-27-23(21)25(30)28(24)14-18-5-4-12-32-18/h4-13,24,29H,3,14H2,1-2H3,(H,26,27)/t24-/m0/s1. The Hall–Kier alpha value is -4.00. The predicted molar refractivity (Wildman–Crippen MR) is 118 cm³/mol. The van der Waals surface area contributed by atoms with E-state index in [1.165, 1.54) is 0 Å². The van der Waals surface area contributed by atoms with Gasteiger partial charge in [-0.25, -0.2) is 0 Å². The van der Waals surface area contributed by atoms with Crippen LogP contribution in [-0.4, -0.2) is 32.7 Å². The van der Waals surface area contributed by atoms with Crippen LogP contribution in [0.15, 0.2) is 65.3 Å². The van der Waals surface area contributed by atoms with Gasteiger partial charge >= 0.3 is 0 Å². The Bertz CT molecular complexity index is 1260. The topological polar surface area (TPSA) is 91.6 Å². The highest BCUT2D eigenvalue weighted by atomic mass is 16.5. The summed E-state index contributed by atoms with van der Waals surface area (Å²) in [5.41, 5.74) is 4.23. The monoisotopic (exact) mass is 429 g/mol. The molecule has 2 aromatic carbocycles. The van der Waals surface area contributed by atoms with Gasteiger partial charge in [0.25, 0.3) is 5.91 Å². The number of phenols is 1. The molecular weight excluding hydrogens is 406 g/mol. The smallest absolute Gasteiger partial charge is 0.273 e. The van der Waals surface area contributed by atoms with Crippen molar-refractivity contribution < 1.29 is 19.1 Å². The van der Waals surface area contributed by atoms with E-state index in [0.29, 0.717) is 35.9 Å². The van der Waals surface area contributed by atoms with Gasteiger partial charge in [-0.05, 0) is 55.8 Å². The third-order valence-corrected chi connectivity index (χ3v) is 5.68. The summed E-state index contributed by atoms with van der Waals surface area (Å²) in [6.07, 6.45) is 1.60. The summed E-state index contributed by atoms with van der Waals surface area (Å²) < 4.78 is 11.1. The highest BCUT2D eigenvalue weighted by molar-refractivity contribution is 6.00. The number of benzene rings is 2. The molecule has 0 saturated heterocycles. The van der Waals surface area contributed by atoms with Crippen molar-refractivity contribution in [2.45, 2.75) is 26.4 Å². The summed E-state index contributed by atoms with van der Waals surface area (Å²) >= 11 is 0. The molecule has 2 N–H and O–H groups in total. The van der Waals surface area contributed by atoms with Gasteiger partial charge in [-0.1, -0.05) is 23.8 Å². The first-order valence-electron chi connectivity index (χ1n) is 10.5. The van der Waals surface area contributed by atoms with Crippen LogP contribution in [0.5, 0.6) is 11.5 Å². The molecule has 7 nitrogen and oxygen atoms in total. The summed E-state index contributed by atoms with van der Waals surface area (Å²) in [4.78, 5) is 15.2. The first-order chi connectivity index (χ1) is 15.6. The number of aromatic hydroxyl groups is 1. The highest BCUT2D eigenvalue weighted by Crippen LogP contribution is 2.45. The molecule has 0 bridgehead atoms. The van der Waals surface area contributed by atoms with Gasteiger partial charge in [0.2, 0.25) is 0 Å². The third kappa shape index (κ3) is 3.32. The fourth-order valence-corrected chi connectivity index (χ4v) is 4.23. The second-order valence-electron chi connectivity index (χ2n) is 7.80. The van der Waals surface area contributed by atoms with E-state index in [4.69, 9.17) is 9.15 Å². The number of nitrogens with zero attached hydrogens (tertiary/aromatic N) is 2. The summed E-state index contributed by atoms with van der Waals surface area (Å²) in [6.45, 7) is 4.78. The van der Waals surface area contributed by atoms with Gasteiger partial charge in [-0.2, -0.15) is 5.10 Å². The van der Waals surface area contributed by atoms with Crippen LogP contribution in [0.4, 0.5) is 0 Å². The number of aromatic amines is 1. The zero-order valence-corrected chi connectivity index (χ0v) is 17.8. The van der Waals surface area contributed by atoms with Gasteiger partial charge in [0, 0.05) is 11.1 Å². The number of H-pyrrole nitrogens is 1. The Labute approximate surface area is 185 Å². The van der Waals surface area contributed by atoms with Gasteiger partial charge in [-0.3, -0.25) is 9.89 Å². The van der Waals surface area contributed by atoms with Gasteiger partial charge in [-0.15, -0.1) is 0 Å². The van der Waals surface area contributed by atoms with E-state index < -0.39 is 6.04 Å². The number of amides is 1. The molecule has 0 radical (unpaired) electrons. The van der Waals surface area contributed by atoms with Crippen LogP contribution in [0.1, 0.15) is 45.9 Å². The SMILES string of the molecule is CCOc1ccc([C@H]2c3c(-c4cc(C)ccc4O)n[nH]c3C(=O)N2Cc2ccco2)cc1. The van der Waals surface area contributed by atoms with E-state index in [1.54, 1.807) is 23.3 Å². The number of rotatable bonds is 6.